The summed E-state index contributed by atoms with van der Waals surface area (Å²) in [6, 6.07) is 5.12. The van der Waals surface area contributed by atoms with Crippen molar-refractivity contribution in [2.45, 2.75) is 19.1 Å². The van der Waals surface area contributed by atoms with Crippen LogP contribution in [-0.4, -0.2) is 31.1 Å². The zero-order valence-electron chi connectivity index (χ0n) is 10.9. The fourth-order valence-electron chi connectivity index (χ4n) is 1.79. The minimum Gasteiger partial charge on any atom is -0.347 e. The fourth-order valence-corrected chi connectivity index (χ4v) is 2.29. The van der Waals surface area contributed by atoms with Gasteiger partial charge in [0.1, 0.15) is 0 Å². The van der Waals surface area contributed by atoms with Crippen LogP contribution < -0.4 is 5.43 Å². The van der Waals surface area contributed by atoms with Crippen LogP contribution in [0.25, 0.3) is 0 Å². The maximum atomic E-state index is 11.7. The average Bonchev–Trinajstić information content (AvgIpc) is 2.79. The zero-order valence-corrected chi connectivity index (χ0v) is 12.4. The molecule has 108 valence electrons. The van der Waals surface area contributed by atoms with Crippen LogP contribution in [0.4, 0.5) is 0 Å². The topological polar surface area (TPSA) is 59.9 Å². The Morgan fingerprint density at radius 3 is 2.60 bits per heavy atom. The van der Waals surface area contributed by atoms with Gasteiger partial charge >= 0.3 is 0 Å². The molecule has 0 spiro atoms. The molecule has 0 unspecified atom stereocenters. The summed E-state index contributed by atoms with van der Waals surface area (Å²) < 4.78 is 10.7. The third-order valence-corrected chi connectivity index (χ3v) is 3.42. The first-order chi connectivity index (χ1) is 9.50. The van der Waals surface area contributed by atoms with Crippen LogP contribution in [0.1, 0.15) is 18.9 Å². The van der Waals surface area contributed by atoms with Crippen LogP contribution in [0.5, 0.6) is 0 Å². The van der Waals surface area contributed by atoms with Crippen LogP contribution in [0, 0.1) is 0 Å². The molecule has 0 bridgehead atoms. The third kappa shape index (κ3) is 3.93. The number of hydrogen-bond acceptors (Lipinski definition) is 4. The Morgan fingerprint density at radius 2 is 2.00 bits per heavy atom. The maximum absolute atomic E-state index is 11.7. The number of carbonyl (C=O) groups is 1. The molecule has 1 N–H and O–H groups in total. The number of nitrogens with one attached hydrogen (secondary N) is 1. The average molecular weight is 317 g/mol. The van der Waals surface area contributed by atoms with Gasteiger partial charge in [-0.25, -0.2) is 5.43 Å². The lowest BCUT2D eigenvalue weighted by atomic mass is 10.2. The molecule has 0 radical (unpaired) electrons. The Hall–Kier alpha value is -1.14. The molecule has 1 aliphatic heterocycles. The van der Waals surface area contributed by atoms with Crippen LogP contribution in [0.3, 0.4) is 0 Å². The fraction of sp³-hybridized carbons (Fsp3) is 0.385. The van der Waals surface area contributed by atoms with Crippen LogP contribution in [-0.2, 0) is 14.3 Å². The minimum absolute atomic E-state index is 0.0700. The van der Waals surface area contributed by atoms with E-state index in [0.29, 0.717) is 28.8 Å². The Balaban J connectivity index is 1.91. The molecule has 0 saturated carbocycles. The Bertz CT molecular complexity index is 508. The molecule has 1 aromatic carbocycles. The molecule has 1 fully saturated rings. The van der Waals surface area contributed by atoms with Gasteiger partial charge in [0, 0.05) is 5.56 Å². The largest absolute Gasteiger partial charge is 0.347 e. The van der Waals surface area contributed by atoms with Crippen LogP contribution in [0.15, 0.2) is 23.3 Å². The Labute approximate surface area is 126 Å². The van der Waals surface area contributed by atoms with Gasteiger partial charge in [0.05, 0.1) is 35.9 Å². The number of hydrogen-bond donors (Lipinski definition) is 1. The number of hydrazone groups is 1. The smallest absolute Gasteiger partial charge is 0.245 e. The lowest BCUT2D eigenvalue weighted by molar-refractivity contribution is -0.159. The van der Waals surface area contributed by atoms with E-state index in [-0.39, 0.29) is 12.3 Å². The summed E-state index contributed by atoms with van der Waals surface area (Å²) >= 11 is 12.0. The molecule has 0 atom stereocenters. The molecule has 20 heavy (non-hydrogen) atoms. The van der Waals surface area contributed by atoms with E-state index in [2.05, 4.69) is 10.5 Å². The number of amides is 1. The highest BCUT2D eigenvalue weighted by molar-refractivity contribution is 6.38. The molecule has 2 rings (SSSR count). The summed E-state index contributed by atoms with van der Waals surface area (Å²) in [5.41, 5.74) is 2.94. The van der Waals surface area contributed by atoms with E-state index in [9.17, 15) is 4.79 Å². The molecule has 1 saturated heterocycles. The van der Waals surface area contributed by atoms with Crippen molar-refractivity contribution < 1.29 is 14.3 Å². The summed E-state index contributed by atoms with van der Waals surface area (Å²) in [5.74, 6) is -1.18. The SMILES string of the molecule is CC1(CC(=O)NN=Cc2c(Cl)cccc2Cl)OCCO1. The van der Waals surface area contributed by atoms with Crippen molar-refractivity contribution in [2.24, 2.45) is 5.10 Å². The molecule has 1 heterocycles. The number of nitrogens with zero attached hydrogens (tertiary/aromatic N) is 1. The Kier molecular flexibility index (Phi) is 4.99. The minimum atomic E-state index is -0.873. The molecule has 1 amide bonds. The van der Waals surface area contributed by atoms with Gasteiger partial charge in [-0.2, -0.15) is 5.10 Å². The summed E-state index contributed by atoms with van der Waals surface area (Å²) in [6.07, 6.45) is 1.47. The van der Waals surface area contributed by atoms with Crippen molar-refractivity contribution in [3.63, 3.8) is 0 Å². The lowest BCUT2D eigenvalue weighted by Crippen LogP contribution is -2.33. The van der Waals surface area contributed by atoms with Crippen molar-refractivity contribution in [1.82, 2.24) is 5.43 Å². The van der Waals surface area contributed by atoms with E-state index in [1.165, 1.54) is 6.21 Å². The van der Waals surface area contributed by atoms with Crippen molar-refractivity contribution >= 4 is 35.3 Å². The van der Waals surface area contributed by atoms with Crippen molar-refractivity contribution in [2.75, 3.05) is 13.2 Å². The standard InChI is InChI=1S/C13H14Cl2N2O3/c1-13(19-5-6-20-13)7-12(18)17-16-8-9-10(14)3-2-4-11(9)15/h2-4,8H,5-7H2,1H3,(H,17,18). The molecule has 5 nitrogen and oxygen atoms in total. The second kappa shape index (κ2) is 6.54. The van der Waals surface area contributed by atoms with E-state index in [4.69, 9.17) is 32.7 Å². The van der Waals surface area contributed by atoms with Gasteiger partial charge in [-0.05, 0) is 19.1 Å². The molecular formula is C13H14Cl2N2O3. The highest BCUT2D eigenvalue weighted by Gasteiger charge is 2.33. The van der Waals surface area contributed by atoms with Crippen LogP contribution in [0.2, 0.25) is 10.0 Å². The molecule has 0 aliphatic carbocycles. The van der Waals surface area contributed by atoms with E-state index in [1.54, 1.807) is 25.1 Å². The van der Waals surface area contributed by atoms with Crippen molar-refractivity contribution in [1.29, 1.82) is 0 Å². The van der Waals surface area contributed by atoms with Gasteiger partial charge in [0.2, 0.25) is 5.91 Å². The summed E-state index contributed by atoms with van der Waals surface area (Å²) in [6.45, 7) is 2.69. The first kappa shape index (κ1) is 15.3. The normalized spacial score (nSPS) is 17.6. The number of halogens is 2. The van der Waals surface area contributed by atoms with Gasteiger partial charge in [-0.1, -0.05) is 29.3 Å². The van der Waals surface area contributed by atoms with Crippen LogP contribution >= 0.6 is 23.2 Å². The summed E-state index contributed by atoms with van der Waals surface area (Å²) in [7, 11) is 0. The van der Waals surface area contributed by atoms with Crippen molar-refractivity contribution in [3.05, 3.63) is 33.8 Å². The van der Waals surface area contributed by atoms with Gasteiger partial charge in [0.25, 0.3) is 0 Å². The first-order valence-corrected chi connectivity index (χ1v) is 6.80. The van der Waals surface area contributed by atoms with E-state index in [0.717, 1.165) is 0 Å². The molecule has 0 aromatic heterocycles. The highest BCUT2D eigenvalue weighted by Crippen LogP contribution is 2.23. The number of rotatable bonds is 4. The van der Waals surface area contributed by atoms with Crippen molar-refractivity contribution in [3.8, 4) is 0 Å². The zero-order chi connectivity index (χ0) is 14.6. The van der Waals surface area contributed by atoms with E-state index < -0.39 is 5.79 Å². The number of ether oxygens (including phenoxy) is 2. The van der Waals surface area contributed by atoms with E-state index in [1.807, 2.05) is 0 Å². The maximum Gasteiger partial charge on any atom is 0.245 e. The monoisotopic (exact) mass is 316 g/mol. The Morgan fingerprint density at radius 1 is 1.40 bits per heavy atom. The first-order valence-electron chi connectivity index (χ1n) is 6.04. The van der Waals surface area contributed by atoms with Gasteiger partial charge in [0.15, 0.2) is 5.79 Å². The molecule has 7 heteroatoms. The number of carbonyl (C=O) groups excluding carboxylic acids is 1. The second-order valence-electron chi connectivity index (χ2n) is 4.44. The van der Waals surface area contributed by atoms with Gasteiger partial charge in [-0.3, -0.25) is 4.79 Å². The molecule has 1 aliphatic rings. The second-order valence-corrected chi connectivity index (χ2v) is 5.25. The third-order valence-electron chi connectivity index (χ3n) is 2.76. The summed E-state index contributed by atoms with van der Waals surface area (Å²) in [5, 5.41) is 4.76. The predicted octanol–water partition coefficient (Wildman–Crippen LogP) is 2.60. The van der Waals surface area contributed by atoms with Gasteiger partial charge < -0.3 is 9.47 Å². The highest BCUT2D eigenvalue weighted by atomic mass is 35.5. The van der Waals surface area contributed by atoms with E-state index >= 15 is 0 Å². The molecule has 1 aromatic rings. The predicted molar refractivity (Wildman–Crippen MR) is 77.1 cm³/mol. The summed E-state index contributed by atoms with van der Waals surface area (Å²) in [4.78, 5) is 11.7. The quantitative estimate of drug-likeness (QED) is 0.686. The lowest BCUT2D eigenvalue weighted by Gasteiger charge is -2.20. The molecular weight excluding hydrogens is 303 g/mol. The van der Waals surface area contributed by atoms with Gasteiger partial charge in [-0.15, -0.1) is 0 Å². The number of benzene rings is 1.